The van der Waals surface area contributed by atoms with E-state index in [2.05, 4.69) is 43.4 Å². The maximum Gasteiger partial charge on any atom is 0.114 e. The molecule has 1 N–H and O–H groups in total. The van der Waals surface area contributed by atoms with Gasteiger partial charge in [-0.2, -0.15) is 0 Å². The van der Waals surface area contributed by atoms with E-state index in [9.17, 15) is 0 Å². The lowest BCUT2D eigenvalue weighted by atomic mass is 9.96. The highest BCUT2D eigenvalue weighted by Gasteiger charge is 2.46. The van der Waals surface area contributed by atoms with Gasteiger partial charge in [0, 0.05) is 24.0 Å². The maximum atomic E-state index is 4.94. The second-order valence-electron chi connectivity index (χ2n) is 6.70. The average Bonchev–Trinajstić information content (AvgIpc) is 2.91. The Morgan fingerprint density at radius 2 is 2.21 bits per heavy atom. The second-order valence-corrected chi connectivity index (χ2v) is 7.56. The molecular formula is C15H25N3S. The molecule has 1 aliphatic heterocycles. The van der Waals surface area contributed by atoms with E-state index in [0.717, 1.165) is 12.6 Å². The Labute approximate surface area is 120 Å². The Hall–Kier alpha value is -0.450. The molecular weight excluding hydrogens is 254 g/mol. The number of likely N-dealkylation sites (tertiary alicyclic amines) is 1. The Morgan fingerprint density at radius 3 is 2.68 bits per heavy atom. The van der Waals surface area contributed by atoms with E-state index in [1.807, 2.05) is 11.3 Å². The van der Waals surface area contributed by atoms with E-state index in [1.54, 1.807) is 0 Å². The third-order valence-electron chi connectivity index (χ3n) is 4.50. The Kier molecular flexibility index (Phi) is 3.44. The quantitative estimate of drug-likeness (QED) is 0.918. The van der Waals surface area contributed by atoms with Gasteiger partial charge in [0.05, 0.1) is 11.2 Å². The summed E-state index contributed by atoms with van der Waals surface area (Å²) in [4.78, 5) is 7.41. The largest absolute Gasteiger partial charge is 0.301 e. The van der Waals surface area contributed by atoms with Crippen molar-refractivity contribution in [1.82, 2.24) is 15.2 Å². The van der Waals surface area contributed by atoms with Gasteiger partial charge in [-0.1, -0.05) is 13.8 Å². The molecule has 4 heteroatoms. The molecule has 2 atom stereocenters. The van der Waals surface area contributed by atoms with Crippen LogP contribution in [-0.4, -0.2) is 35.6 Å². The zero-order chi connectivity index (χ0) is 13.6. The minimum Gasteiger partial charge on any atom is -0.301 e. The van der Waals surface area contributed by atoms with Gasteiger partial charge < -0.3 is 10.2 Å². The van der Waals surface area contributed by atoms with E-state index >= 15 is 0 Å². The normalized spacial score (nSPS) is 32.4. The van der Waals surface area contributed by atoms with Crippen LogP contribution in [0.1, 0.15) is 56.7 Å². The van der Waals surface area contributed by atoms with E-state index in [0.29, 0.717) is 12.0 Å². The summed E-state index contributed by atoms with van der Waals surface area (Å²) in [7, 11) is 2.23. The highest BCUT2D eigenvalue weighted by molar-refractivity contribution is 7.09. The third-order valence-corrected chi connectivity index (χ3v) is 5.56. The molecule has 1 saturated carbocycles. The van der Waals surface area contributed by atoms with Crippen LogP contribution in [0.2, 0.25) is 0 Å². The lowest BCUT2D eigenvalue weighted by Gasteiger charge is -2.28. The van der Waals surface area contributed by atoms with Crippen LogP contribution in [0.3, 0.4) is 0 Å². The van der Waals surface area contributed by atoms with Crippen molar-refractivity contribution in [3.05, 3.63) is 16.1 Å². The molecule has 2 fully saturated rings. The fourth-order valence-electron chi connectivity index (χ4n) is 3.02. The van der Waals surface area contributed by atoms with Crippen LogP contribution in [0.15, 0.2) is 5.38 Å². The number of likely N-dealkylation sites (N-methyl/N-ethyl adjacent to an activating group) is 1. The van der Waals surface area contributed by atoms with Crippen LogP contribution in [0.25, 0.3) is 0 Å². The van der Waals surface area contributed by atoms with Crippen LogP contribution >= 0.6 is 11.3 Å². The van der Waals surface area contributed by atoms with Gasteiger partial charge in [0.15, 0.2) is 0 Å². The lowest BCUT2D eigenvalue weighted by Crippen LogP contribution is -2.45. The molecule has 0 radical (unpaired) electrons. The predicted molar refractivity (Wildman–Crippen MR) is 80.7 cm³/mol. The first-order chi connectivity index (χ1) is 9.00. The van der Waals surface area contributed by atoms with E-state index in [-0.39, 0.29) is 5.54 Å². The summed E-state index contributed by atoms with van der Waals surface area (Å²) in [5.74, 6) is 0.527. The van der Waals surface area contributed by atoms with Gasteiger partial charge >= 0.3 is 0 Å². The highest BCUT2D eigenvalue weighted by atomic mass is 32.1. The molecule has 1 saturated heterocycles. The molecule has 0 amide bonds. The molecule has 1 aliphatic carbocycles. The van der Waals surface area contributed by atoms with Crippen LogP contribution in [0.4, 0.5) is 0 Å². The number of aromatic nitrogens is 1. The van der Waals surface area contributed by atoms with Gasteiger partial charge in [-0.05, 0) is 39.2 Å². The van der Waals surface area contributed by atoms with Gasteiger partial charge in [0.25, 0.3) is 0 Å². The van der Waals surface area contributed by atoms with Crippen molar-refractivity contribution in [2.24, 2.45) is 0 Å². The highest BCUT2D eigenvalue weighted by Crippen LogP contribution is 2.40. The number of rotatable bonds is 4. The second kappa shape index (κ2) is 4.83. The van der Waals surface area contributed by atoms with E-state index in [1.165, 1.54) is 30.0 Å². The SMILES string of the molecule is CC(C)c1csc(C2(NC3CC3)CC(C)N(C)C2)n1. The molecule has 2 unspecified atom stereocenters. The van der Waals surface area contributed by atoms with Crippen LogP contribution in [-0.2, 0) is 5.54 Å². The summed E-state index contributed by atoms with van der Waals surface area (Å²) in [6.07, 6.45) is 3.86. The third kappa shape index (κ3) is 2.58. The molecule has 1 aromatic rings. The van der Waals surface area contributed by atoms with Gasteiger partial charge in [0.2, 0.25) is 0 Å². The van der Waals surface area contributed by atoms with Crippen molar-refractivity contribution < 1.29 is 0 Å². The summed E-state index contributed by atoms with van der Waals surface area (Å²) >= 11 is 1.85. The smallest absolute Gasteiger partial charge is 0.114 e. The number of nitrogens with zero attached hydrogens (tertiary/aromatic N) is 2. The first-order valence-corrected chi connectivity index (χ1v) is 8.32. The van der Waals surface area contributed by atoms with Crippen molar-refractivity contribution in [3.63, 3.8) is 0 Å². The van der Waals surface area contributed by atoms with E-state index in [4.69, 9.17) is 4.98 Å². The van der Waals surface area contributed by atoms with Crippen molar-refractivity contribution in [1.29, 1.82) is 0 Å². The van der Waals surface area contributed by atoms with Crippen molar-refractivity contribution >= 4 is 11.3 Å². The van der Waals surface area contributed by atoms with E-state index < -0.39 is 0 Å². The molecule has 0 bridgehead atoms. The summed E-state index contributed by atoms with van der Waals surface area (Å²) in [6, 6.07) is 1.36. The monoisotopic (exact) mass is 279 g/mol. The fraction of sp³-hybridized carbons (Fsp3) is 0.800. The Morgan fingerprint density at radius 1 is 1.47 bits per heavy atom. The summed E-state index contributed by atoms with van der Waals surface area (Å²) in [5, 5.41) is 7.46. The molecule has 2 aliphatic rings. The fourth-order valence-corrected chi connectivity index (χ4v) is 4.16. The zero-order valence-electron chi connectivity index (χ0n) is 12.4. The molecule has 106 valence electrons. The van der Waals surface area contributed by atoms with Crippen molar-refractivity contribution in [2.45, 2.75) is 63.6 Å². The molecule has 3 nitrogen and oxygen atoms in total. The summed E-state index contributed by atoms with van der Waals surface area (Å²) in [6.45, 7) is 7.87. The standard InChI is InChI=1S/C15H25N3S/c1-10(2)13-8-19-14(16-13)15(17-12-5-6-12)7-11(3)18(4)9-15/h8,10-12,17H,5-7,9H2,1-4H3. The van der Waals surface area contributed by atoms with Crippen LogP contribution in [0.5, 0.6) is 0 Å². The lowest BCUT2D eigenvalue weighted by molar-refractivity contribution is 0.297. The number of hydrogen-bond donors (Lipinski definition) is 1. The molecule has 19 heavy (non-hydrogen) atoms. The molecule has 0 aromatic carbocycles. The number of hydrogen-bond acceptors (Lipinski definition) is 4. The average molecular weight is 279 g/mol. The maximum absolute atomic E-state index is 4.94. The van der Waals surface area contributed by atoms with Gasteiger partial charge in [-0.3, -0.25) is 0 Å². The molecule has 2 heterocycles. The Balaban J connectivity index is 1.89. The topological polar surface area (TPSA) is 28.2 Å². The first kappa shape index (κ1) is 13.5. The number of thiazole rings is 1. The predicted octanol–water partition coefficient (Wildman–Crippen LogP) is 2.94. The minimum atomic E-state index is 0.104. The van der Waals surface area contributed by atoms with Crippen LogP contribution in [0, 0.1) is 0 Å². The van der Waals surface area contributed by atoms with Crippen molar-refractivity contribution in [2.75, 3.05) is 13.6 Å². The zero-order valence-corrected chi connectivity index (χ0v) is 13.3. The van der Waals surface area contributed by atoms with Gasteiger partial charge in [-0.15, -0.1) is 11.3 Å². The molecule has 0 spiro atoms. The molecule has 3 rings (SSSR count). The van der Waals surface area contributed by atoms with Gasteiger partial charge in [-0.25, -0.2) is 4.98 Å². The number of nitrogens with one attached hydrogen (secondary N) is 1. The summed E-state index contributed by atoms with van der Waals surface area (Å²) < 4.78 is 0. The van der Waals surface area contributed by atoms with Crippen LogP contribution < -0.4 is 5.32 Å². The Bertz CT molecular complexity index is 434. The summed E-state index contributed by atoms with van der Waals surface area (Å²) in [5.41, 5.74) is 1.35. The first-order valence-electron chi connectivity index (χ1n) is 7.44. The molecule has 1 aromatic heterocycles. The van der Waals surface area contributed by atoms with Gasteiger partial charge in [0.1, 0.15) is 5.01 Å². The minimum absolute atomic E-state index is 0.104. The van der Waals surface area contributed by atoms with Crippen molar-refractivity contribution in [3.8, 4) is 0 Å².